The average molecular weight is 781 g/mol. The van der Waals surface area contributed by atoms with E-state index in [0.717, 1.165) is 51.9 Å². The van der Waals surface area contributed by atoms with Crippen molar-refractivity contribution in [1.82, 2.24) is 30.0 Å². The molecule has 9 nitrogen and oxygen atoms in total. The largest absolute Gasteiger partial charge is 0.462 e. The van der Waals surface area contributed by atoms with Crippen LogP contribution in [-0.2, 0) is 23.4 Å². The number of aromatic nitrogens is 6. The molecule has 0 unspecified atom stereocenters. The Balaban J connectivity index is 1.30. The molecule has 272 valence electrons. The minimum absolute atomic E-state index is 0.289. The summed E-state index contributed by atoms with van der Waals surface area (Å²) < 4.78 is 9.82. The fraction of sp³-hybridized carbons (Fsp3) is 0.205. The Labute approximate surface area is 324 Å². The van der Waals surface area contributed by atoms with E-state index in [1.807, 2.05) is 48.9 Å². The van der Waals surface area contributed by atoms with Crippen molar-refractivity contribution >= 4 is 27.7 Å². The Hall–Kier alpha value is -5.87. The highest BCUT2D eigenvalue weighted by Crippen LogP contribution is 2.43. The van der Waals surface area contributed by atoms with E-state index in [4.69, 9.17) is 20.1 Å². The van der Waals surface area contributed by atoms with Crippen LogP contribution in [0.5, 0.6) is 0 Å². The van der Waals surface area contributed by atoms with E-state index >= 15 is 0 Å². The molecule has 0 saturated carbocycles. The summed E-state index contributed by atoms with van der Waals surface area (Å²) in [7, 11) is 0. The van der Waals surface area contributed by atoms with Crippen molar-refractivity contribution in [2.45, 2.75) is 45.8 Å². The normalized spacial score (nSPS) is 11.4. The van der Waals surface area contributed by atoms with Crippen molar-refractivity contribution in [2.24, 2.45) is 0 Å². The van der Waals surface area contributed by atoms with Gasteiger partial charge in [-0.1, -0.05) is 146 Å². The highest BCUT2D eigenvalue weighted by atomic mass is 79.9. The van der Waals surface area contributed by atoms with E-state index in [-0.39, 0.29) is 12.6 Å². The van der Waals surface area contributed by atoms with Crippen molar-refractivity contribution in [3.63, 3.8) is 0 Å². The molecule has 0 bridgehead atoms. The first kappa shape index (κ1) is 36.5. The Bertz CT molecular complexity index is 2210. The van der Waals surface area contributed by atoms with Crippen LogP contribution in [0.25, 0.3) is 22.5 Å². The topological polar surface area (TPSA) is 91.0 Å². The van der Waals surface area contributed by atoms with Gasteiger partial charge in [-0.15, -0.1) is 5.10 Å². The quantitative estimate of drug-likeness (QED) is 0.0803. The first-order valence-electron chi connectivity index (χ1n) is 18.3. The van der Waals surface area contributed by atoms with Crippen LogP contribution in [0.3, 0.4) is 0 Å². The maximum Gasteiger partial charge on any atom is 0.344 e. The summed E-state index contributed by atoms with van der Waals surface area (Å²) in [6, 6.07) is 48.1. The molecule has 7 rings (SSSR count). The van der Waals surface area contributed by atoms with Crippen LogP contribution in [0, 0.1) is 0 Å². The molecular weight excluding hydrogens is 738 g/mol. The molecule has 2 heterocycles. The molecule has 10 heteroatoms. The number of aryl methyl sites for hydroxylation is 1. The van der Waals surface area contributed by atoms with Crippen molar-refractivity contribution in [3.05, 3.63) is 172 Å². The van der Waals surface area contributed by atoms with Gasteiger partial charge in [0.05, 0.1) is 6.61 Å². The molecule has 5 aromatic carbocycles. The van der Waals surface area contributed by atoms with Gasteiger partial charge in [-0.25, -0.2) is 9.48 Å². The summed E-state index contributed by atoms with van der Waals surface area (Å²) in [5, 5.41) is 18.6. The minimum Gasteiger partial charge on any atom is -0.462 e. The lowest BCUT2D eigenvalue weighted by Gasteiger charge is -2.36. The number of esters is 1. The standard InChI is InChI=1S/C44H42BrN7O2/c1-4-30-50(42-39(43(53)54-6-3)40(45)51(5-2)47-42)31-32-26-28-33(29-27-32)37-24-16-17-25-38(37)41-46-48-49-52(41)44(34-18-10-7-11-19-34,35-20-12-8-13-21-35)36-22-14-9-15-23-36/h7-29H,4-6,30-31H2,1-3H3. The van der Waals surface area contributed by atoms with Gasteiger partial charge in [0.1, 0.15) is 15.7 Å². The fourth-order valence-corrected chi connectivity index (χ4v) is 7.86. The molecule has 0 fully saturated rings. The molecule has 0 aliphatic heterocycles. The lowest BCUT2D eigenvalue weighted by molar-refractivity contribution is 0.0525. The number of benzene rings is 5. The van der Waals surface area contributed by atoms with Crippen LogP contribution in [0.2, 0.25) is 0 Å². The first-order valence-corrected chi connectivity index (χ1v) is 19.1. The van der Waals surface area contributed by atoms with Crippen molar-refractivity contribution < 1.29 is 9.53 Å². The molecule has 2 aromatic heterocycles. The van der Waals surface area contributed by atoms with Crippen molar-refractivity contribution in [2.75, 3.05) is 18.1 Å². The smallest absolute Gasteiger partial charge is 0.344 e. The summed E-state index contributed by atoms with van der Waals surface area (Å²) in [6.45, 7) is 8.13. The van der Waals surface area contributed by atoms with E-state index in [0.29, 0.717) is 34.9 Å². The average Bonchev–Trinajstić information content (AvgIpc) is 3.84. The van der Waals surface area contributed by atoms with Crippen LogP contribution in [0.4, 0.5) is 5.82 Å². The van der Waals surface area contributed by atoms with Gasteiger partial charge in [-0.2, -0.15) is 5.10 Å². The third-order valence-electron chi connectivity index (χ3n) is 9.61. The highest BCUT2D eigenvalue weighted by molar-refractivity contribution is 9.10. The monoisotopic (exact) mass is 779 g/mol. The zero-order valence-corrected chi connectivity index (χ0v) is 32.2. The molecule has 54 heavy (non-hydrogen) atoms. The van der Waals surface area contributed by atoms with Gasteiger partial charge >= 0.3 is 5.97 Å². The molecule has 0 saturated heterocycles. The second-order valence-corrected chi connectivity index (χ2v) is 13.7. The number of carbonyl (C=O) groups is 1. The molecule has 0 aliphatic carbocycles. The molecule has 0 aliphatic rings. The Morgan fingerprint density at radius 1 is 0.741 bits per heavy atom. The number of hydrogen-bond acceptors (Lipinski definition) is 7. The summed E-state index contributed by atoms with van der Waals surface area (Å²) in [5.41, 5.74) is 6.72. The number of carbonyl (C=O) groups excluding carboxylic acids is 1. The predicted octanol–water partition coefficient (Wildman–Crippen LogP) is 9.42. The van der Waals surface area contributed by atoms with Crippen LogP contribution in [0.15, 0.2) is 144 Å². The maximum atomic E-state index is 13.1. The van der Waals surface area contributed by atoms with E-state index in [2.05, 4.69) is 142 Å². The number of ether oxygens (including phenoxy) is 1. The molecule has 0 N–H and O–H groups in total. The molecule has 0 amide bonds. The lowest BCUT2D eigenvalue weighted by Crippen LogP contribution is -2.39. The third-order valence-corrected chi connectivity index (χ3v) is 10.4. The molecular formula is C44H42BrN7O2. The molecule has 0 radical (unpaired) electrons. The predicted molar refractivity (Wildman–Crippen MR) is 216 cm³/mol. The molecule has 0 spiro atoms. The number of anilines is 1. The van der Waals surface area contributed by atoms with E-state index in [1.165, 1.54) is 0 Å². The van der Waals surface area contributed by atoms with Crippen LogP contribution in [0.1, 0.15) is 59.8 Å². The van der Waals surface area contributed by atoms with Gasteiger partial charge in [-0.05, 0) is 80.0 Å². The highest BCUT2D eigenvalue weighted by Gasteiger charge is 2.42. The third kappa shape index (κ3) is 6.85. The number of rotatable bonds is 14. The van der Waals surface area contributed by atoms with E-state index in [9.17, 15) is 4.79 Å². The zero-order valence-electron chi connectivity index (χ0n) is 30.6. The van der Waals surface area contributed by atoms with E-state index in [1.54, 1.807) is 4.68 Å². The number of nitrogens with zero attached hydrogens (tertiary/aromatic N) is 7. The van der Waals surface area contributed by atoms with Gasteiger partial charge in [0.25, 0.3) is 0 Å². The van der Waals surface area contributed by atoms with Gasteiger partial charge in [0, 0.05) is 25.2 Å². The maximum absolute atomic E-state index is 13.1. The summed E-state index contributed by atoms with van der Waals surface area (Å²) in [4.78, 5) is 15.2. The Morgan fingerprint density at radius 3 is 1.83 bits per heavy atom. The minimum atomic E-state index is -0.871. The van der Waals surface area contributed by atoms with Gasteiger partial charge in [-0.3, -0.25) is 4.68 Å². The first-order chi connectivity index (χ1) is 26.5. The number of hydrogen-bond donors (Lipinski definition) is 0. The Morgan fingerprint density at radius 2 is 1.30 bits per heavy atom. The second kappa shape index (κ2) is 16.4. The zero-order chi connectivity index (χ0) is 37.5. The second-order valence-electron chi connectivity index (χ2n) is 12.9. The molecule has 0 atom stereocenters. The summed E-state index contributed by atoms with van der Waals surface area (Å²) >= 11 is 3.61. The number of halogens is 1. The number of tetrazole rings is 1. The van der Waals surface area contributed by atoms with Crippen LogP contribution >= 0.6 is 15.9 Å². The SMILES string of the molecule is CCCN(Cc1ccc(-c2ccccc2-c2nnnn2C(c2ccccc2)(c2ccccc2)c2ccccc2)cc1)c1nn(CC)c(Br)c1C(=O)OCC. The summed E-state index contributed by atoms with van der Waals surface area (Å²) in [6.07, 6.45) is 0.884. The van der Waals surface area contributed by atoms with Crippen molar-refractivity contribution in [3.8, 4) is 22.5 Å². The summed E-state index contributed by atoms with van der Waals surface area (Å²) in [5.74, 6) is 0.873. The van der Waals surface area contributed by atoms with Gasteiger partial charge < -0.3 is 9.64 Å². The molecule has 7 aromatic rings. The van der Waals surface area contributed by atoms with Crippen LogP contribution < -0.4 is 4.90 Å². The lowest BCUT2D eigenvalue weighted by atomic mass is 9.77. The van der Waals surface area contributed by atoms with Gasteiger partial charge in [0.15, 0.2) is 11.6 Å². The fourth-order valence-electron chi connectivity index (χ4n) is 7.19. The van der Waals surface area contributed by atoms with Crippen LogP contribution in [-0.4, -0.2) is 49.1 Å². The van der Waals surface area contributed by atoms with E-state index < -0.39 is 5.54 Å². The Kier molecular flexibility index (Phi) is 11.1. The van der Waals surface area contributed by atoms with Crippen molar-refractivity contribution in [1.29, 1.82) is 0 Å². The van der Waals surface area contributed by atoms with Gasteiger partial charge in [0.2, 0.25) is 0 Å².